The molecule has 3 aromatic carbocycles. The van der Waals surface area contributed by atoms with Crippen LogP contribution in [0.4, 0.5) is 11.4 Å². The quantitative estimate of drug-likeness (QED) is 0.0855. The van der Waals surface area contributed by atoms with Crippen LogP contribution in [-0.4, -0.2) is 37.6 Å². The summed E-state index contributed by atoms with van der Waals surface area (Å²) in [6.45, 7) is -0.613. The largest absolute Gasteiger partial charge is 0.282 e. The molecule has 194 valence electrons. The Labute approximate surface area is 251 Å². The number of halogens is 5. The lowest BCUT2D eigenvalue weighted by Gasteiger charge is -2.30. The molecule has 0 N–H and O–H groups in total. The van der Waals surface area contributed by atoms with Gasteiger partial charge in [-0.25, -0.2) is 5.01 Å². The van der Waals surface area contributed by atoms with Gasteiger partial charge < -0.3 is 0 Å². The predicted octanol–water partition coefficient (Wildman–Crippen LogP) is 7.06. The third kappa shape index (κ3) is 4.88. The topological polar surface area (TPSA) is 144 Å². The second-order valence-electron chi connectivity index (χ2n) is 7.63. The molecule has 4 rings (SSSR count). The summed E-state index contributed by atoms with van der Waals surface area (Å²) in [5.41, 5.74) is -1.28. The van der Waals surface area contributed by atoms with Crippen molar-refractivity contribution in [2.45, 2.75) is 6.54 Å². The Kier molecular flexibility index (Phi) is 8.04. The van der Waals surface area contributed by atoms with Crippen LogP contribution >= 0.6 is 75.3 Å². The van der Waals surface area contributed by atoms with E-state index in [-0.39, 0.29) is 36.2 Å². The van der Waals surface area contributed by atoms with Crippen LogP contribution in [0.15, 0.2) is 60.4 Å². The van der Waals surface area contributed by atoms with E-state index in [1.165, 1.54) is 24.3 Å². The summed E-state index contributed by atoms with van der Waals surface area (Å²) in [5.74, 6) is -2.79. The SMILES string of the molecule is O=C(c1cccc([N+](=O)[O-])c1)N(Cc1ccc(Cl)cc1[N+](=O)[O-])N1C(=O)c2c(Br)c(Br)c(Br)c(Br)c2C1=O. The third-order valence-corrected chi connectivity index (χ3v) is 10.4. The average molecular weight is 796 g/mol. The molecule has 0 fully saturated rings. The molecule has 0 saturated heterocycles. The molecule has 38 heavy (non-hydrogen) atoms. The van der Waals surface area contributed by atoms with Crippen molar-refractivity contribution in [3.05, 3.63) is 108 Å². The Morgan fingerprint density at radius 1 is 0.868 bits per heavy atom. The molecule has 0 aromatic heterocycles. The van der Waals surface area contributed by atoms with Gasteiger partial charge in [0.1, 0.15) is 0 Å². The Bertz CT molecular complexity index is 1550. The monoisotopic (exact) mass is 792 g/mol. The minimum Gasteiger partial charge on any atom is -0.267 e. The molecular formula is C22H9Br4ClN4O7. The van der Waals surface area contributed by atoms with Crippen LogP contribution in [0.25, 0.3) is 0 Å². The van der Waals surface area contributed by atoms with Crippen molar-refractivity contribution in [1.29, 1.82) is 0 Å². The van der Waals surface area contributed by atoms with Gasteiger partial charge in [0.25, 0.3) is 29.1 Å². The molecule has 0 radical (unpaired) electrons. The highest BCUT2D eigenvalue weighted by atomic mass is 79.9. The van der Waals surface area contributed by atoms with Gasteiger partial charge >= 0.3 is 0 Å². The van der Waals surface area contributed by atoms with Crippen molar-refractivity contribution in [2.24, 2.45) is 0 Å². The van der Waals surface area contributed by atoms with Crippen LogP contribution in [0.2, 0.25) is 5.02 Å². The standard InChI is InChI=1S/C22H9Br4ClN4O7/c23-16-14-15(17(24)19(26)18(16)25)22(34)29(21(14)33)28(8-10-4-5-11(27)7-13(10)31(37)38)20(32)9-2-1-3-12(6-9)30(35)36/h1-7H,8H2. The van der Waals surface area contributed by atoms with E-state index in [0.29, 0.717) is 19.0 Å². The summed E-state index contributed by atoms with van der Waals surface area (Å²) < 4.78 is 1.28. The normalized spacial score (nSPS) is 12.5. The molecule has 0 spiro atoms. The number of amides is 3. The van der Waals surface area contributed by atoms with Crippen LogP contribution in [0.1, 0.15) is 36.6 Å². The molecule has 3 aromatic rings. The van der Waals surface area contributed by atoms with Crippen LogP contribution in [0.3, 0.4) is 0 Å². The van der Waals surface area contributed by atoms with Gasteiger partial charge in [-0.3, -0.25) is 34.6 Å². The zero-order valence-corrected chi connectivity index (χ0v) is 25.4. The van der Waals surface area contributed by atoms with Crippen molar-refractivity contribution < 1.29 is 24.2 Å². The molecule has 0 aliphatic carbocycles. The van der Waals surface area contributed by atoms with Crippen molar-refractivity contribution in [3.8, 4) is 0 Å². The summed E-state index contributed by atoms with van der Waals surface area (Å²) in [6.07, 6.45) is 0. The van der Waals surface area contributed by atoms with E-state index in [9.17, 15) is 34.6 Å². The second kappa shape index (κ2) is 10.8. The van der Waals surface area contributed by atoms with Crippen molar-refractivity contribution >= 4 is 104 Å². The van der Waals surface area contributed by atoms with Crippen LogP contribution < -0.4 is 0 Å². The number of nitrogens with zero attached hydrogens (tertiary/aromatic N) is 4. The van der Waals surface area contributed by atoms with Gasteiger partial charge in [0.15, 0.2) is 0 Å². The molecule has 1 heterocycles. The number of hydrogen-bond donors (Lipinski definition) is 0. The number of carbonyl (C=O) groups is 3. The lowest BCUT2D eigenvalue weighted by atomic mass is 10.1. The first-order chi connectivity index (χ1) is 17.8. The Morgan fingerprint density at radius 3 is 1.97 bits per heavy atom. The number of hydrazine groups is 1. The number of fused-ring (bicyclic) bond motifs is 1. The maximum atomic E-state index is 13.7. The van der Waals surface area contributed by atoms with Gasteiger partial charge in [0.2, 0.25) is 0 Å². The van der Waals surface area contributed by atoms with Crippen molar-refractivity contribution in [1.82, 2.24) is 10.0 Å². The maximum absolute atomic E-state index is 13.7. The van der Waals surface area contributed by atoms with E-state index in [1.807, 2.05) is 0 Å². The van der Waals surface area contributed by atoms with Gasteiger partial charge in [-0.05, 0) is 81.9 Å². The number of non-ortho nitro benzene ring substituents is 1. The first-order valence-electron chi connectivity index (χ1n) is 10.1. The summed E-state index contributed by atoms with van der Waals surface area (Å²) in [7, 11) is 0. The zero-order chi connectivity index (χ0) is 28.0. The van der Waals surface area contributed by atoms with E-state index < -0.39 is 45.5 Å². The number of nitro groups is 2. The van der Waals surface area contributed by atoms with Crippen LogP contribution in [0, 0.1) is 20.2 Å². The molecule has 16 heteroatoms. The van der Waals surface area contributed by atoms with E-state index in [1.54, 1.807) is 0 Å². The lowest BCUT2D eigenvalue weighted by Crippen LogP contribution is -2.49. The Morgan fingerprint density at radius 2 is 1.45 bits per heavy atom. The summed E-state index contributed by atoms with van der Waals surface area (Å²) in [6, 6.07) is 8.36. The number of imide groups is 1. The third-order valence-electron chi connectivity index (χ3n) is 5.42. The number of nitro benzene ring substituents is 2. The smallest absolute Gasteiger partial charge is 0.267 e. The molecule has 0 unspecified atom stereocenters. The number of benzene rings is 3. The van der Waals surface area contributed by atoms with Crippen LogP contribution in [-0.2, 0) is 6.54 Å². The van der Waals surface area contributed by atoms with E-state index >= 15 is 0 Å². The number of hydrogen-bond acceptors (Lipinski definition) is 7. The lowest BCUT2D eigenvalue weighted by molar-refractivity contribution is -0.385. The summed E-state index contributed by atoms with van der Waals surface area (Å²) in [5, 5.41) is 24.3. The van der Waals surface area contributed by atoms with Crippen LogP contribution in [0.5, 0.6) is 0 Å². The maximum Gasteiger partial charge on any atom is 0.282 e. The molecule has 1 aliphatic rings. The second-order valence-corrected chi connectivity index (χ2v) is 11.2. The Balaban J connectivity index is 1.91. The van der Waals surface area contributed by atoms with E-state index in [2.05, 4.69) is 63.7 Å². The predicted molar refractivity (Wildman–Crippen MR) is 149 cm³/mol. The minimum absolute atomic E-state index is 0.0461. The fourth-order valence-electron chi connectivity index (χ4n) is 3.69. The van der Waals surface area contributed by atoms with Gasteiger partial charge in [-0.1, -0.05) is 17.7 Å². The number of carbonyl (C=O) groups excluding carboxylic acids is 3. The molecule has 0 atom stereocenters. The van der Waals surface area contributed by atoms with E-state index in [0.717, 1.165) is 18.2 Å². The van der Waals surface area contributed by atoms with Gasteiger partial charge in [-0.2, -0.15) is 5.01 Å². The first-order valence-corrected chi connectivity index (χ1v) is 13.6. The first kappa shape index (κ1) is 28.3. The minimum atomic E-state index is -0.988. The molecule has 3 amide bonds. The van der Waals surface area contributed by atoms with Gasteiger partial charge in [-0.15, -0.1) is 0 Å². The summed E-state index contributed by atoms with van der Waals surface area (Å²) in [4.78, 5) is 62.5. The molecular weight excluding hydrogens is 787 g/mol. The molecule has 0 saturated carbocycles. The van der Waals surface area contributed by atoms with Gasteiger partial charge in [0, 0.05) is 46.7 Å². The zero-order valence-electron chi connectivity index (χ0n) is 18.3. The van der Waals surface area contributed by atoms with E-state index in [4.69, 9.17) is 11.6 Å². The highest BCUT2D eigenvalue weighted by molar-refractivity contribution is 9.15. The fraction of sp³-hybridized carbons (Fsp3) is 0.0455. The molecule has 1 aliphatic heterocycles. The fourth-order valence-corrected chi connectivity index (χ4v) is 6.32. The van der Waals surface area contributed by atoms with Gasteiger partial charge in [0.05, 0.1) is 33.1 Å². The average Bonchev–Trinajstić information content (AvgIpc) is 3.14. The van der Waals surface area contributed by atoms with Crippen molar-refractivity contribution in [3.63, 3.8) is 0 Å². The number of rotatable bonds is 6. The molecule has 0 bridgehead atoms. The highest BCUT2D eigenvalue weighted by Crippen LogP contribution is 2.46. The molecule has 11 nitrogen and oxygen atoms in total. The summed E-state index contributed by atoms with van der Waals surface area (Å²) >= 11 is 19.1. The van der Waals surface area contributed by atoms with Crippen molar-refractivity contribution in [2.75, 3.05) is 0 Å². The highest BCUT2D eigenvalue weighted by Gasteiger charge is 2.46. The Hall–Kier alpha value is -2.72.